The lowest BCUT2D eigenvalue weighted by atomic mass is 10.0. The number of rotatable bonds is 3. The SMILES string of the molecule is Cc1cc(CC(F)(F)CN)ccc1F. The van der Waals surface area contributed by atoms with Crippen LogP contribution in [0.25, 0.3) is 0 Å². The lowest BCUT2D eigenvalue weighted by molar-refractivity contribution is 0.0115. The van der Waals surface area contributed by atoms with Gasteiger partial charge in [-0.3, -0.25) is 0 Å². The van der Waals surface area contributed by atoms with Gasteiger partial charge in [0.2, 0.25) is 0 Å². The van der Waals surface area contributed by atoms with Crippen molar-refractivity contribution >= 4 is 0 Å². The molecule has 0 radical (unpaired) electrons. The van der Waals surface area contributed by atoms with Crippen molar-refractivity contribution in [3.8, 4) is 0 Å². The van der Waals surface area contributed by atoms with Crippen molar-refractivity contribution in [3.05, 3.63) is 35.1 Å². The van der Waals surface area contributed by atoms with E-state index in [9.17, 15) is 13.2 Å². The molecule has 0 aliphatic rings. The van der Waals surface area contributed by atoms with Crippen LogP contribution < -0.4 is 5.73 Å². The molecule has 1 aromatic carbocycles. The van der Waals surface area contributed by atoms with Crippen LogP contribution >= 0.6 is 0 Å². The van der Waals surface area contributed by atoms with E-state index in [-0.39, 0.29) is 5.82 Å². The summed E-state index contributed by atoms with van der Waals surface area (Å²) in [5.41, 5.74) is 5.67. The maximum absolute atomic E-state index is 12.9. The first kappa shape index (κ1) is 11.0. The standard InChI is InChI=1S/C10H12F3N/c1-7-4-8(2-3-9(7)11)5-10(12,13)6-14/h2-4H,5-6,14H2,1H3. The van der Waals surface area contributed by atoms with Gasteiger partial charge in [0.15, 0.2) is 0 Å². The van der Waals surface area contributed by atoms with Gasteiger partial charge in [-0.05, 0) is 24.1 Å². The molecule has 0 saturated heterocycles. The highest BCUT2D eigenvalue weighted by Crippen LogP contribution is 2.20. The minimum atomic E-state index is -2.91. The first-order chi connectivity index (χ1) is 6.44. The van der Waals surface area contributed by atoms with Crippen molar-refractivity contribution in [3.63, 3.8) is 0 Å². The molecule has 0 aromatic heterocycles. The zero-order chi connectivity index (χ0) is 10.8. The Bertz CT molecular complexity index is 323. The topological polar surface area (TPSA) is 26.0 Å². The minimum Gasteiger partial charge on any atom is -0.325 e. The van der Waals surface area contributed by atoms with Crippen LogP contribution in [0.15, 0.2) is 18.2 Å². The lowest BCUT2D eigenvalue weighted by Crippen LogP contribution is -2.30. The van der Waals surface area contributed by atoms with E-state index in [1.807, 2.05) is 0 Å². The van der Waals surface area contributed by atoms with E-state index in [2.05, 4.69) is 0 Å². The second kappa shape index (κ2) is 4.00. The molecule has 0 atom stereocenters. The van der Waals surface area contributed by atoms with E-state index in [4.69, 9.17) is 5.73 Å². The molecule has 78 valence electrons. The van der Waals surface area contributed by atoms with Gasteiger partial charge in [-0.15, -0.1) is 0 Å². The Labute approximate surface area is 80.7 Å². The summed E-state index contributed by atoms with van der Waals surface area (Å²) < 4.78 is 38.5. The van der Waals surface area contributed by atoms with Crippen LogP contribution in [0.1, 0.15) is 11.1 Å². The summed E-state index contributed by atoms with van der Waals surface area (Å²) >= 11 is 0. The first-order valence-corrected chi connectivity index (χ1v) is 4.27. The van der Waals surface area contributed by atoms with Gasteiger partial charge in [0, 0.05) is 6.42 Å². The highest BCUT2D eigenvalue weighted by Gasteiger charge is 2.26. The van der Waals surface area contributed by atoms with Crippen molar-refractivity contribution in [2.45, 2.75) is 19.3 Å². The van der Waals surface area contributed by atoms with Crippen molar-refractivity contribution in [1.82, 2.24) is 0 Å². The second-order valence-electron chi connectivity index (χ2n) is 3.32. The van der Waals surface area contributed by atoms with Crippen molar-refractivity contribution in [1.29, 1.82) is 0 Å². The molecule has 0 saturated carbocycles. The van der Waals surface area contributed by atoms with Gasteiger partial charge >= 0.3 is 0 Å². The first-order valence-electron chi connectivity index (χ1n) is 4.27. The molecule has 2 N–H and O–H groups in total. The summed E-state index contributed by atoms with van der Waals surface area (Å²) in [5.74, 6) is -3.30. The zero-order valence-corrected chi connectivity index (χ0v) is 7.86. The molecule has 14 heavy (non-hydrogen) atoms. The number of hydrogen-bond acceptors (Lipinski definition) is 1. The second-order valence-corrected chi connectivity index (χ2v) is 3.32. The number of benzene rings is 1. The summed E-state index contributed by atoms with van der Waals surface area (Å²) in [6.07, 6.45) is -0.440. The average Bonchev–Trinajstić information content (AvgIpc) is 2.11. The van der Waals surface area contributed by atoms with Gasteiger partial charge in [-0.2, -0.15) is 0 Å². The van der Waals surface area contributed by atoms with Gasteiger partial charge in [-0.1, -0.05) is 12.1 Å². The van der Waals surface area contributed by atoms with Crippen LogP contribution in [0.4, 0.5) is 13.2 Å². The van der Waals surface area contributed by atoms with Crippen LogP contribution in [0.5, 0.6) is 0 Å². The van der Waals surface area contributed by atoms with Crippen molar-refractivity contribution in [2.75, 3.05) is 6.54 Å². The molecule has 4 heteroatoms. The van der Waals surface area contributed by atoms with Crippen LogP contribution in [-0.2, 0) is 6.42 Å². The quantitative estimate of drug-likeness (QED) is 0.801. The average molecular weight is 203 g/mol. The molecule has 1 rings (SSSR count). The Morgan fingerprint density at radius 2 is 2.00 bits per heavy atom. The Morgan fingerprint density at radius 1 is 1.36 bits per heavy atom. The predicted molar refractivity (Wildman–Crippen MR) is 48.8 cm³/mol. The summed E-state index contributed by atoms with van der Waals surface area (Å²) in [6.45, 7) is 0.850. The van der Waals surface area contributed by atoms with Crippen LogP contribution in [0.3, 0.4) is 0 Å². The molecule has 0 aliphatic heterocycles. The number of aryl methyl sites for hydroxylation is 1. The van der Waals surface area contributed by atoms with E-state index in [0.717, 1.165) is 0 Å². The largest absolute Gasteiger partial charge is 0.325 e. The maximum Gasteiger partial charge on any atom is 0.264 e. The van der Waals surface area contributed by atoms with Gasteiger partial charge in [0.25, 0.3) is 5.92 Å². The predicted octanol–water partition coefficient (Wildman–Crippen LogP) is 2.27. The molecule has 0 aliphatic carbocycles. The molecule has 0 bridgehead atoms. The smallest absolute Gasteiger partial charge is 0.264 e. The van der Waals surface area contributed by atoms with E-state index < -0.39 is 18.9 Å². The fourth-order valence-corrected chi connectivity index (χ4v) is 1.19. The van der Waals surface area contributed by atoms with E-state index >= 15 is 0 Å². The molecule has 0 unspecified atom stereocenters. The van der Waals surface area contributed by atoms with Crippen molar-refractivity contribution < 1.29 is 13.2 Å². The summed E-state index contributed by atoms with van der Waals surface area (Å²) in [5, 5.41) is 0. The van der Waals surface area contributed by atoms with Gasteiger partial charge < -0.3 is 5.73 Å². The van der Waals surface area contributed by atoms with Crippen LogP contribution in [-0.4, -0.2) is 12.5 Å². The molecule has 1 nitrogen and oxygen atoms in total. The monoisotopic (exact) mass is 203 g/mol. The Morgan fingerprint density at radius 3 is 2.50 bits per heavy atom. The Balaban J connectivity index is 2.83. The summed E-state index contributed by atoms with van der Waals surface area (Å²) in [7, 11) is 0. The molecular formula is C10H12F3N. The Hall–Kier alpha value is -1.03. The van der Waals surface area contributed by atoms with Crippen molar-refractivity contribution in [2.24, 2.45) is 5.73 Å². The fraction of sp³-hybridized carbons (Fsp3) is 0.400. The number of hydrogen-bond donors (Lipinski definition) is 1. The third kappa shape index (κ3) is 2.73. The number of nitrogens with two attached hydrogens (primary N) is 1. The number of halogens is 3. The molecule has 0 spiro atoms. The van der Waals surface area contributed by atoms with Gasteiger partial charge in [0.05, 0.1) is 6.54 Å². The molecule has 0 amide bonds. The third-order valence-corrected chi connectivity index (χ3v) is 1.98. The summed E-state index contributed by atoms with van der Waals surface area (Å²) in [4.78, 5) is 0. The van der Waals surface area contributed by atoms with E-state index in [1.54, 1.807) is 6.92 Å². The van der Waals surface area contributed by atoms with Crippen LogP contribution in [0, 0.1) is 12.7 Å². The maximum atomic E-state index is 12.9. The third-order valence-electron chi connectivity index (χ3n) is 1.98. The molecular weight excluding hydrogens is 191 g/mol. The van der Waals surface area contributed by atoms with Gasteiger partial charge in [-0.25, -0.2) is 13.2 Å². The Kier molecular flexibility index (Phi) is 3.16. The lowest BCUT2D eigenvalue weighted by Gasteiger charge is -2.13. The highest BCUT2D eigenvalue weighted by atomic mass is 19.3. The zero-order valence-electron chi connectivity index (χ0n) is 7.86. The molecule has 0 heterocycles. The number of alkyl halides is 2. The van der Waals surface area contributed by atoms with E-state index in [1.165, 1.54) is 18.2 Å². The molecule has 0 fully saturated rings. The van der Waals surface area contributed by atoms with Crippen LogP contribution in [0.2, 0.25) is 0 Å². The normalized spacial score (nSPS) is 11.8. The fourth-order valence-electron chi connectivity index (χ4n) is 1.19. The summed E-state index contributed by atoms with van der Waals surface area (Å²) in [6, 6.07) is 3.96. The minimum absolute atomic E-state index is 0.371. The van der Waals surface area contributed by atoms with Gasteiger partial charge in [0.1, 0.15) is 5.82 Å². The van der Waals surface area contributed by atoms with E-state index in [0.29, 0.717) is 11.1 Å². The highest BCUT2D eigenvalue weighted by molar-refractivity contribution is 5.24. The molecule has 1 aromatic rings.